The Kier molecular flexibility index (Phi) is 4.32. The van der Waals surface area contributed by atoms with Gasteiger partial charge in [-0.15, -0.1) is 0 Å². The fraction of sp³-hybridized carbons (Fsp3) is 0.273. The first-order chi connectivity index (χ1) is 7.76. The highest BCUT2D eigenvalue weighted by Crippen LogP contribution is 2.35. The smallest absolute Gasteiger partial charge is 0.332 e. The summed E-state index contributed by atoms with van der Waals surface area (Å²) in [5.41, 5.74) is -0.585. The predicted octanol–water partition coefficient (Wildman–Crippen LogP) is 3.05. The Bertz CT molecular complexity index is 458. The van der Waals surface area contributed by atoms with Crippen LogP contribution in [0.3, 0.4) is 0 Å². The third kappa shape index (κ3) is 3.29. The molecule has 4 nitrogen and oxygen atoms in total. The van der Waals surface area contributed by atoms with Gasteiger partial charge >= 0.3 is 11.9 Å². The molecule has 1 atom stereocenters. The maximum atomic E-state index is 11.1. The van der Waals surface area contributed by atoms with E-state index in [9.17, 15) is 9.59 Å². The molecule has 2 N–H and O–H groups in total. The SMILES string of the molecule is CC1(C(=O)O)C=CC(C=C(Br)Br)=C(C(=O)O)C1. The van der Waals surface area contributed by atoms with Crippen LogP contribution in [0, 0.1) is 5.41 Å². The Labute approximate surface area is 115 Å². The van der Waals surface area contributed by atoms with Crippen LogP contribution in [-0.2, 0) is 9.59 Å². The zero-order valence-electron chi connectivity index (χ0n) is 8.91. The van der Waals surface area contributed by atoms with Crippen molar-refractivity contribution in [2.24, 2.45) is 5.41 Å². The van der Waals surface area contributed by atoms with Crippen molar-refractivity contribution in [3.8, 4) is 0 Å². The van der Waals surface area contributed by atoms with Gasteiger partial charge in [-0.3, -0.25) is 4.79 Å². The summed E-state index contributed by atoms with van der Waals surface area (Å²) in [7, 11) is 0. The van der Waals surface area contributed by atoms with Crippen LogP contribution in [0.2, 0.25) is 0 Å². The van der Waals surface area contributed by atoms with E-state index in [1.165, 1.54) is 19.1 Å². The van der Waals surface area contributed by atoms with E-state index in [4.69, 9.17) is 10.2 Å². The fourth-order valence-corrected chi connectivity index (χ4v) is 1.99. The Morgan fingerprint density at radius 1 is 1.41 bits per heavy atom. The second kappa shape index (κ2) is 5.18. The van der Waals surface area contributed by atoms with Gasteiger partial charge in [0.1, 0.15) is 0 Å². The number of aliphatic carboxylic acids is 2. The van der Waals surface area contributed by atoms with Crippen molar-refractivity contribution in [1.82, 2.24) is 0 Å². The van der Waals surface area contributed by atoms with E-state index in [1.807, 2.05) is 0 Å². The summed E-state index contributed by atoms with van der Waals surface area (Å²) >= 11 is 6.29. The van der Waals surface area contributed by atoms with Crippen molar-refractivity contribution >= 4 is 43.8 Å². The van der Waals surface area contributed by atoms with Crippen LogP contribution < -0.4 is 0 Å². The number of rotatable bonds is 3. The van der Waals surface area contributed by atoms with Gasteiger partial charge < -0.3 is 10.2 Å². The van der Waals surface area contributed by atoms with Gasteiger partial charge in [0.2, 0.25) is 0 Å². The molecule has 17 heavy (non-hydrogen) atoms. The van der Waals surface area contributed by atoms with Crippen LogP contribution in [0.1, 0.15) is 13.3 Å². The molecule has 0 aromatic carbocycles. The van der Waals surface area contributed by atoms with Crippen LogP contribution in [0.25, 0.3) is 0 Å². The number of halogens is 2. The van der Waals surface area contributed by atoms with Gasteiger partial charge in [-0.1, -0.05) is 12.2 Å². The van der Waals surface area contributed by atoms with Gasteiger partial charge in [0.05, 0.1) is 8.81 Å². The number of carboxylic acid groups (broad SMARTS) is 2. The molecule has 6 heteroatoms. The molecule has 0 saturated heterocycles. The summed E-state index contributed by atoms with van der Waals surface area (Å²) in [6, 6.07) is 0. The molecule has 0 saturated carbocycles. The van der Waals surface area contributed by atoms with E-state index in [2.05, 4.69) is 31.9 Å². The summed E-state index contributed by atoms with van der Waals surface area (Å²) in [5.74, 6) is -2.14. The van der Waals surface area contributed by atoms with Crippen molar-refractivity contribution in [2.75, 3.05) is 0 Å². The van der Waals surface area contributed by atoms with Gasteiger partial charge in [-0.25, -0.2) is 4.79 Å². The summed E-state index contributed by atoms with van der Waals surface area (Å²) in [5, 5.41) is 18.2. The van der Waals surface area contributed by atoms with E-state index in [0.717, 1.165) is 0 Å². The first kappa shape index (κ1) is 14.2. The van der Waals surface area contributed by atoms with E-state index in [1.54, 1.807) is 6.08 Å². The van der Waals surface area contributed by atoms with Gasteiger partial charge in [-0.2, -0.15) is 0 Å². The number of carbonyl (C=O) groups is 2. The predicted molar refractivity (Wildman–Crippen MR) is 70.1 cm³/mol. The maximum Gasteiger partial charge on any atom is 0.332 e. The molecular formula is C11H10Br2O4. The van der Waals surface area contributed by atoms with Crippen molar-refractivity contribution < 1.29 is 19.8 Å². The van der Waals surface area contributed by atoms with E-state index in [-0.39, 0.29) is 12.0 Å². The lowest BCUT2D eigenvalue weighted by atomic mass is 9.78. The lowest BCUT2D eigenvalue weighted by Crippen LogP contribution is -2.29. The maximum absolute atomic E-state index is 11.1. The minimum atomic E-state index is -1.16. The Morgan fingerprint density at radius 3 is 2.41 bits per heavy atom. The van der Waals surface area contributed by atoms with Gasteiger partial charge in [0.15, 0.2) is 0 Å². The molecule has 1 rings (SSSR count). The Morgan fingerprint density at radius 2 is 2.00 bits per heavy atom. The van der Waals surface area contributed by atoms with Crippen LogP contribution >= 0.6 is 31.9 Å². The minimum absolute atomic E-state index is 0.0344. The molecule has 0 aliphatic heterocycles. The second-order valence-corrected chi connectivity index (χ2v) is 6.68. The zero-order valence-corrected chi connectivity index (χ0v) is 12.1. The second-order valence-electron chi connectivity index (χ2n) is 3.91. The minimum Gasteiger partial charge on any atom is -0.481 e. The van der Waals surface area contributed by atoms with Gasteiger partial charge in [0, 0.05) is 5.57 Å². The molecule has 0 fully saturated rings. The summed E-state index contributed by atoms with van der Waals surface area (Å²) < 4.78 is 0.599. The molecule has 1 aliphatic rings. The van der Waals surface area contributed by atoms with E-state index in [0.29, 0.717) is 8.96 Å². The Balaban J connectivity index is 3.22. The summed E-state index contributed by atoms with van der Waals surface area (Å²) in [4.78, 5) is 22.2. The van der Waals surface area contributed by atoms with Crippen molar-refractivity contribution in [2.45, 2.75) is 13.3 Å². The monoisotopic (exact) mass is 364 g/mol. The van der Waals surface area contributed by atoms with Gasteiger partial charge in [0.25, 0.3) is 0 Å². The number of allylic oxidation sites excluding steroid dienone is 3. The van der Waals surface area contributed by atoms with Crippen molar-refractivity contribution in [1.29, 1.82) is 0 Å². The normalized spacial score (nSPS) is 23.5. The fourth-order valence-electron chi connectivity index (χ4n) is 1.50. The average molecular weight is 366 g/mol. The molecule has 1 unspecified atom stereocenters. The molecule has 92 valence electrons. The third-order valence-electron chi connectivity index (χ3n) is 2.53. The Hall–Kier alpha value is -0.880. The highest BCUT2D eigenvalue weighted by molar-refractivity contribution is 9.28. The number of carboxylic acids is 2. The molecule has 1 aliphatic carbocycles. The molecule has 0 aromatic rings. The van der Waals surface area contributed by atoms with Crippen molar-refractivity contribution in [3.05, 3.63) is 32.8 Å². The first-order valence-corrected chi connectivity index (χ1v) is 6.26. The van der Waals surface area contributed by atoms with Gasteiger partial charge in [-0.05, 0) is 56.9 Å². The third-order valence-corrected chi connectivity index (χ3v) is 2.99. The number of hydrogen-bond acceptors (Lipinski definition) is 2. The first-order valence-electron chi connectivity index (χ1n) is 4.68. The standard InChI is InChI=1S/C11H10Br2O4/c1-11(10(16)17)3-2-6(4-8(12)13)7(5-11)9(14)15/h2-4H,5H2,1H3,(H,14,15)(H,16,17). The molecule has 0 aromatic heterocycles. The van der Waals surface area contributed by atoms with Crippen LogP contribution in [0.4, 0.5) is 0 Å². The lowest BCUT2D eigenvalue weighted by Gasteiger charge is -2.25. The molecule has 0 spiro atoms. The summed E-state index contributed by atoms with van der Waals surface area (Å²) in [6.45, 7) is 1.50. The van der Waals surface area contributed by atoms with Crippen LogP contribution in [0.15, 0.2) is 32.8 Å². The van der Waals surface area contributed by atoms with Crippen LogP contribution in [-0.4, -0.2) is 22.2 Å². The van der Waals surface area contributed by atoms with Crippen molar-refractivity contribution in [3.63, 3.8) is 0 Å². The number of hydrogen-bond donors (Lipinski definition) is 2. The molecule has 0 heterocycles. The highest BCUT2D eigenvalue weighted by atomic mass is 79.9. The zero-order chi connectivity index (χ0) is 13.2. The molecule has 0 radical (unpaired) electrons. The van der Waals surface area contributed by atoms with E-state index < -0.39 is 17.4 Å². The quantitative estimate of drug-likeness (QED) is 0.806. The van der Waals surface area contributed by atoms with E-state index >= 15 is 0 Å². The molecule has 0 bridgehead atoms. The van der Waals surface area contributed by atoms with Crippen LogP contribution in [0.5, 0.6) is 0 Å². The highest BCUT2D eigenvalue weighted by Gasteiger charge is 2.36. The topological polar surface area (TPSA) is 74.6 Å². The molecular weight excluding hydrogens is 356 g/mol. The molecule has 0 amide bonds. The lowest BCUT2D eigenvalue weighted by molar-refractivity contribution is -0.145. The largest absolute Gasteiger partial charge is 0.481 e. The summed E-state index contributed by atoms with van der Waals surface area (Å²) in [6.07, 6.45) is 4.58. The average Bonchev–Trinajstić information content (AvgIpc) is 2.19.